The van der Waals surface area contributed by atoms with Gasteiger partial charge in [0.2, 0.25) is 5.91 Å². The Morgan fingerprint density at radius 2 is 2.17 bits per heavy atom. The summed E-state index contributed by atoms with van der Waals surface area (Å²) in [5.41, 5.74) is 0.575. The van der Waals surface area contributed by atoms with Gasteiger partial charge in [0, 0.05) is 11.4 Å². The molecule has 0 radical (unpaired) electrons. The van der Waals surface area contributed by atoms with Crippen LogP contribution >= 0.6 is 11.8 Å². The first-order chi connectivity index (χ1) is 8.63. The molecule has 1 heterocycles. The minimum absolute atomic E-state index is 0.0557. The van der Waals surface area contributed by atoms with Crippen LogP contribution in [0.25, 0.3) is 0 Å². The molecule has 1 fully saturated rings. The molecule has 1 N–H and O–H groups in total. The number of alkyl halides is 2. The summed E-state index contributed by atoms with van der Waals surface area (Å²) in [5.74, 6) is -2.54. The number of carbonyl (C=O) groups excluding carboxylic acids is 1. The smallest absolute Gasteiger partial charge is 0.288 e. The van der Waals surface area contributed by atoms with Crippen molar-refractivity contribution in [3.63, 3.8) is 0 Å². The largest absolute Gasteiger partial charge is 0.310 e. The summed E-state index contributed by atoms with van der Waals surface area (Å²) in [6, 6.07) is 6.57. The summed E-state index contributed by atoms with van der Waals surface area (Å²) in [5, 5.41) is 2.93. The van der Waals surface area contributed by atoms with Crippen LogP contribution in [0.2, 0.25) is 0 Å². The highest BCUT2D eigenvalue weighted by molar-refractivity contribution is 7.99. The van der Waals surface area contributed by atoms with Gasteiger partial charge in [-0.1, -0.05) is 23.9 Å². The highest BCUT2D eigenvalue weighted by Gasteiger charge is 2.32. The number of thioether (sulfide) groups is 1. The molecule has 18 heavy (non-hydrogen) atoms. The van der Waals surface area contributed by atoms with Crippen molar-refractivity contribution in [2.45, 2.75) is 23.1 Å². The van der Waals surface area contributed by atoms with E-state index in [-0.39, 0.29) is 11.9 Å². The van der Waals surface area contributed by atoms with Crippen LogP contribution in [0, 0.1) is 0 Å². The Morgan fingerprint density at radius 3 is 2.78 bits per heavy atom. The number of halogens is 2. The number of amides is 1. The molecule has 0 spiro atoms. The molecule has 1 unspecified atom stereocenters. The third kappa shape index (κ3) is 2.64. The van der Waals surface area contributed by atoms with E-state index < -0.39 is 5.76 Å². The Hall–Kier alpha value is -1.14. The van der Waals surface area contributed by atoms with Crippen molar-refractivity contribution in [3.8, 4) is 0 Å². The number of para-hydroxylation sites is 1. The molecule has 1 aromatic rings. The van der Waals surface area contributed by atoms with Crippen LogP contribution in [-0.4, -0.2) is 31.3 Å². The average molecular weight is 272 g/mol. The van der Waals surface area contributed by atoms with E-state index in [9.17, 15) is 13.6 Å². The lowest BCUT2D eigenvalue weighted by Crippen LogP contribution is -2.36. The molecule has 0 saturated carbocycles. The first kappa shape index (κ1) is 13.3. The Morgan fingerprint density at radius 1 is 1.44 bits per heavy atom. The zero-order valence-corrected chi connectivity index (χ0v) is 10.7. The quantitative estimate of drug-likeness (QED) is 0.854. The fourth-order valence-corrected chi connectivity index (χ4v) is 2.71. The summed E-state index contributed by atoms with van der Waals surface area (Å²) < 4.78 is 24.9. The van der Waals surface area contributed by atoms with Gasteiger partial charge in [-0.3, -0.25) is 4.79 Å². The van der Waals surface area contributed by atoms with E-state index >= 15 is 0 Å². The predicted molar refractivity (Wildman–Crippen MR) is 68.1 cm³/mol. The summed E-state index contributed by atoms with van der Waals surface area (Å²) in [6.45, 7) is 0.561. The number of rotatable bonds is 4. The van der Waals surface area contributed by atoms with Gasteiger partial charge in [0.15, 0.2) is 0 Å². The van der Waals surface area contributed by atoms with Crippen molar-refractivity contribution in [1.29, 1.82) is 0 Å². The number of nitrogens with zero attached hydrogens (tertiary/aromatic N) is 1. The van der Waals surface area contributed by atoms with Crippen molar-refractivity contribution in [3.05, 3.63) is 24.3 Å². The summed E-state index contributed by atoms with van der Waals surface area (Å²) in [4.78, 5) is 14.1. The van der Waals surface area contributed by atoms with Gasteiger partial charge in [-0.25, -0.2) is 0 Å². The van der Waals surface area contributed by atoms with Crippen molar-refractivity contribution in [2.75, 3.05) is 18.5 Å². The lowest BCUT2D eigenvalue weighted by atomic mass is 10.2. The van der Waals surface area contributed by atoms with Crippen LogP contribution in [0.4, 0.5) is 14.5 Å². The molecule has 98 valence electrons. The molecule has 0 aromatic heterocycles. The standard InChI is InChI=1S/C12H14F2N2OS/c1-15-8-6-7-16(11(8)17)9-4-2-3-5-10(9)18-12(13)14/h2-5,8,12,15H,6-7H2,1H3. The first-order valence-corrected chi connectivity index (χ1v) is 6.54. The van der Waals surface area contributed by atoms with E-state index in [2.05, 4.69) is 5.32 Å². The minimum atomic E-state index is -2.48. The topological polar surface area (TPSA) is 32.3 Å². The molecule has 1 aliphatic rings. The van der Waals surface area contributed by atoms with Gasteiger partial charge in [-0.05, 0) is 25.6 Å². The zero-order chi connectivity index (χ0) is 13.1. The maximum Gasteiger partial charge on any atom is 0.288 e. The molecule has 1 atom stereocenters. The number of carbonyl (C=O) groups is 1. The Bertz CT molecular complexity index is 442. The highest BCUT2D eigenvalue weighted by atomic mass is 32.2. The Kier molecular flexibility index (Phi) is 4.19. The normalized spacial score (nSPS) is 19.9. The van der Waals surface area contributed by atoms with Gasteiger partial charge >= 0.3 is 0 Å². The molecule has 1 amide bonds. The molecule has 1 aromatic carbocycles. The number of nitrogens with one attached hydrogen (secondary N) is 1. The molecule has 1 aliphatic heterocycles. The highest BCUT2D eigenvalue weighted by Crippen LogP contribution is 2.35. The first-order valence-electron chi connectivity index (χ1n) is 5.66. The van der Waals surface area contributed by atoms with Gasteiger partial charge in [-0.15, -0.1) is 0 Å². The zero-order valence-electron chi connectivity index (χ0n) is 9.90. The summed E-state index contributed by atoms with van der Waals surface area (Å²) in [7, 11) is 1.73. The third-order valence-electron chi connectivity index (χ3n) is 2.93. The number of benzene rings is 1. The minimum Gasteiger partial charge on any atom is -0.310 e. The van der Waals surface area contributed by atoms with Crippen LogP contribution in [0.5, 0.6) is 0 Å². The second-order valence-corrected chi connectivity index (χ2v) is 5.00. The number of likely N-dealkylation sites (N-methyl/N-ethyl adjacent to an activating group) is 1. The van der Waals surface area contributed by atoms with Crippen LogP contribution < -0.4 is 10.2 Å². The summed E-state index contributed by atoms with van der Waals surface area (Å²) in [6.07, 6.45) is 0.697. The van der Waals surface area contributed by atoms with E-state index in [1.54, 1.807) is 36.2 Å². The number of anilines is 1. The van der Waals surface area contributed by atoms with Crippen molar-refractivity contribution >= 4 is 23.4 Å². The van der Waals surface area contributed by atoms with Crippen molar-refractivity contribution in [2.24, 2.45) is 0 Å². The molecule has 0 aliphatic carbocycles. The Labute approximate surface area is 109 Å². The molecule has 2 rings (SSSR count). The molecule has 0 bridgehead atoms. The van der Waals surface area contributed by atoms with Crippen LogP contribution in [0.1, 0.15) is 6.42 Å². The van der Waals surface area contributed by atoms with Crippen molar-refractivity contribution < 1.29 is 13.6 Å². The van der Waals surface area contributed by atoms with E-state index in [4.69, 9.17) is 0 Å². The fourth-order valence-electron chi connectivity index (χ4n) is 2.06. The lowest BCUT2D eigenvalue weighted by molar-refractivity contribution is -0.118. The van der Waals surface area contributed by atoms with E-state index in [0.29, 0.717) is 35.3 Å². The van der Waals surface area contributed by atoms with E-state index in [1.807, 2.05) is 0 Å². The van der Waals surface area contributed by atoms with Gasteiger partial charge in [0.05, 0.1) is 11.7 Å². The van der Waals surface area contributed by atoms with Gasteiger partial charge < -0.3 is 10.2 Å². The molecular formula is C12H14F2N2OS. The predicted octanol–water partition coefficient (Wildman–Crippen LogP) is 2.33. The Balaban J connectivity index is 2.26. The fraction of sp³-hybridized carbons (Fsp3) is 0.417. The second-order valence-electron chi connectivity index (χ2n) is 3.97. The van der Waals surface area contributed by atoms with Crippen LogP contribution in [0.3, 0.4) is 0 Å². The molecule has 1 saturated heterocycles. The van der Waals surface area contributed by atoms with Gasteiger partial charge in [-0.2, -0.15) is 8.78 Å². The maximum absolute atomic E-state index is 12.5. The molecule has 3 nitrogen and oxygen atoms in total. The summed E-state index contributed by atoms with van der Waals surface area (Å²) >= 11 is 0.475. The molecule has 6 heteroatoms. The van der Waals surface area contributed by atoms with E-state index in [0.717, 1.165) is 0 Å². The second kappa shape index (κ2) is 5.67. The number of hydrogen-bond acceptors (Lipinski definition) is 3. The van der Waals surface area contributed by atoms with Crippen LogP contribution in [0.15, 0.2) is 29.2 Å². The monoisotopic (exact) mass is 272 g/mol. The van der Waals surface area contributed by atoms with Crippen LogP contribution in [-0.2, 0) is 4.79 Å². The van der Waals surface area contributed by atoms with E-state index in [1.165, 1.54) is 0 Å². The van der Waals surface area contributed by atoms with Gasteiger partial charge in [0.25, 0.3) is 5.76 Å². The molecular weight excluding hydrogens is 258 g/mol. The van der Waals surface area contributed by atoms with Crippen molar-refractivity contribution in [1.82, 2.24) is 5.32 Å². The number of hydrogen-bond donors (Lipinski definition) is 1. The van der Waals surface area contributed by atoms with Gasteiger partial charge in [0.1, 0.15) is 0 Å². The average Bonchev–Trinajstić information content (AvgIpc) is 2.70. The maximum atomic E-state index is 12.5. The lowest BCUT2D eigenvalue weighted by Gasteiger charge is -2.19. The SMILES string of the molecule is CNC1CCN(c2ccccc2SC(F)F)C1=O. The third-order valence-corrected chi connectivity index (χ3v) is 3.70.